The van der Waals surface area contributed by atoms with Crippen molar-refractivity contribution >= 4 is 0 Å². The molecule has 1 saturated carbocycles. The Hall–Kier alpha value is -0.860. The summed E-state index contributed by atoms with van der Waals surface area (Å²) >= 11 is 0. The van der Waals surface area contributed by atoms with E-state index in [2.05, 4.69) is 23.5 Å². The molecule has 0 heterocycles. The minimum Gasteiger partial charge on any atom is -0.393 e. The topological polar surface area (TPSA) is 32.3 Å². The Morgan fingerprint density at radius 3 is 2.67 bits per heavy atom. The number of aliphatic hydroxyl groups excluding tert-OH is 1. The minimum atomic E-state index is -0.0527. The van der Waals surface area contributed by atoms with Crippen LogP contribution in [0.15, 0.2) is 18.2 Å². The van der Waals surface area contributed by atoms with Gasteiger partial charge in [-0.2, -0.15) is 0 Å². The molecule has 0 spiro atoms. The average Bonchev–Trinajstić information content (AvgIpc) is 2.85. The molecule has 0 amide bonds. The highest BCUT2D eigenvalue weighted by Gasteiger charge is 2.18. The zero-order valence-corrected chi connectivity index (χ0v) is 11.0. The van der Waals surface area contributed by atoms with E-state index in [0.29, 0.717) is 6.04 Å². The van der Waals surface area contributed by atoms with Gasteiger partial charge in [-0.05, 0) is 61.6 Å². The second-order valence-electron chi connectivity index (χ2n) is 5.84. The molecule has 98 valence electrons. The largest absolute Gasteiger partial charge is 0.393 e. The van der Waals surface area contributed by atoms with Crippen LogP contribution >= 0.6 is 0 Å². The summed E-state index contributed by atoms with van der Waals surface area (Å²) in [4.78, 5) is 0. The highest BCUT2D eigenvalue weighted by molar-refractivity contribution is 5.35. The summed E-state index contributed by atoms with van der Waals surface area (Å²) in [5, 5.41) is 13.1. The predicted octanol–water partition coefficient (Wildman–Crippen LogP) is 2.57. The predicted molar refractivity (Wildman–Crippen MR) is 73.6 cm³/mol. The van der Waals surface area contributed by atoms with Crippen LogP contribution in [0.2, 0.25) is 0 Å². The molecule has 1 fully saturated rings. The maximum atomic E-state index is 9.49. The Kier molecular flexibility index (Phi) is 3.67. The summed E-state index contributed by atoms with van der Waals surface area (Å²) in [6, 6.07) is 7.56. The Morgan fingerprint density at radius 1 is 1.06 bits per heavy atom. The maximum absolute atomic E-state index is 9.49. The molecule has 18 heavy (non-hydrogen) atoms. The Morgan fingerprint density at radius 2 is 1.83 bits per heavy atom. The van der Waals surface area contributed by atoms with Crippen LogP contribution in [0.25, 0.3) is 0 Å². The molecule has 1 aromatic carbocycles. The van der Waals surface area contributed by atoms with E-state index in [-0.39, 0.29) is 6.10 Å². The number of hydrogen-bond acceptors (Lipinski definition) is 2. The van der Waals surface area contributed by atoms with Crippen molar-refractivity contribution in [1.29, 1.82) is 0 Å². The summed E-state index contributed by atoms with van der Waals surface area (Å²) in [6.07, 6.45) is 7.96. The van der Waals surface area contributed by atoms with Gasteiger partial charge in [0.1, 0.15) is 0 Å². The lowest BCUT2D eigenvalue weighted by molar-refractivity contribution is 0.116. The summed E-state index contributed by atoms with van der Waals surface area (Å²) in [6.45, 7) is 0.980. The monoisotopic (exact) mass is 245 g/mol. The summed E-state index contributed by atoms with van der Waals surface area (Å²) in [5.41, 5.74) is 4.54. The molecule has 0 bridgehead atoms. The number of rotatable bonds is 3. The zero-order valence-electron chi connectivity index (χ0n) is 11.0. The van der Waals surface area contributed by atoms with E-state index in [1.807, 2.05) is 0 Å². The number of aryl methyl sites for hydroxylation is 2. The van der Waals surface area contributed by atoms with Crippen LogP contribution in [-0.2, 0) is 19.4 Å². The zero-order chi connectivity index (χ0) is 12.4. The summed E-state index contributed by atoms with van der Waals surface area (Å²) < 4.78 is 0. The molecule has 1 aromatic rings. The minimum absolute atomic E-state index is 0.0527. The molecule has 0 atom stereocenters. The molecule has 0 saturated heterocycles. The fourth-order valence-corrected chi connectivity index (χ4v) is 3.28. The van der Waals surface area contributed by atoms with Crippen LogP contribution in [-0.4, -0.2) is 17.3 Å². The van der Waals surface area contributed by atoms with Gasteiger partial charge in [0.15, 0.2) is 0 Å². The molecule has 3 rings (SSSR count). The molecule has 2 heteroatoms. The number of benzene rings is 1. The van der Waals surface area contributed by atoms with E-state index in [0.717, 1.165) is 32.2 Å². The van der Waals surface area contributed by atoms with Crippen molar-refractivity contribution in [2.24, 2.45) is 0 Å². The van der Waals surface area contributed by atoms with Gasteiger partial charge >= 0.3 is 0 Å². The lowest BCUT2D eigenvalue weighted by Gasteiger charge is -2.26. The number of aliphatic hydroxyl groups is 1. The lowest BCUT2D eigenvalue weighted by Crippen LogP contribution is -2.34. The van der Waals surface area contributed by atoms with Gasteiger partial charge in [-0.3, -0.25) is 0 Å². The quantitative estimate of drug-likeness (QED) is 0.858. The summed E-state index contributed by atoms with van der Waals surface area (Å²) in [5.74, 6) is 0. The van der Waals surface area contributed by atoms with Crippen molar-refractivity contribution in [3.63, 3.8) is 0 Å². The van der Waals surface area contributed by atoms with Crippen molar-refractivity contribution in [2.45, 2.75) is 63.6 Å². The van der Waals surface area contributed by atoms with E-state index in [9.17, 15) is 5.11 Å². The van der Waals surface area contributed by atoms with Gasteiger partial charge in [0.05, 0.1) is 6.10 Å². The Bertz CT molecular complexity index is 408. The van der Waals surface area contributed by atoms with E-state index >= 15 is 0 Å². The van der Waals surface area contributed by atoms with Crippen molar-refractivity contribution < 1.29 is 5.11 Å². The average molecular weight is 245 g/mol. The third-order valence-electron chi connectivity index (χ3n) is 4.45. The molecule has 2 aliphatic rings. The molecule has 0 aliphatic heterocycles. The Balaban J connectivity index is 1.54. The van der Waals surface area contributed by atoms with Gasteiger partial charge in [-0.25, -0.2) is 0 Å². The Labute approximate surface area is 109 Å². The van der Waals surface area contributed by atoms with E-state index in [1.54, 1.807) is 11.1 Å². The smallest absolute Gasteiger partial charge is 0.0541 e. The molecule has 2 aliphatic carbocycles. The first kappa shape index (κ1) is 12.2. The van der Waals surface area contributed by atoms with Gasteiger partial charge < -0.3 is 10.4 Å². The van der Waals surface area contributed by atoms with E-state index < -0.39 is 0 Å². The fourth-order valence-electron chi connectivity index (χ4n) is 3.28. The van der Waals surface area contributed by atoms with Gasteiger partial charge in [0.2, 0.25) is 0 Å². The van der Waals surface area contributed by atoms with Crippen LogP contribution in [0, 0.1) is 0 Å². The summed E-state index contributed by atoms with van der Waals surface area (Å²) in [7, 11) is 0. The fraction of sp³-hybridized carbons (Fsp3) is 0.625. The second-order valence-corrected chi connectivity index (χ2v) is 5.84. The van der Waals surface area contributed by atoms with Gasteiger partial charge in [-0.1, -0.05) is 18.2 Å². The van der Waals surface area contributed by atoms with Crippen LogP contribution in [0.1, 0.15) is 48.8 Å². The molecule has 0 aromatic heterocycles. The number of nitrogens with one attached hydrogen (secondary N) is 1. The van der Waals surface area contributed by atoms with Gasteiger partial charge in [-0.15, -0.1) is 0 Å². The molecule has 2 nitrogen and oxygen atoms in total. The molecular formula is C16H23NO. The van der Waals surface area contributed by atoms with E-state index in [4.69, 9.17) is 0 Å². The molecule has 0 radical (unpaired) electrons. The first-order valence-corrected chi connectivity index (χ1v) is 7.33. The lowest BCUT2D eigenvalue weighted by atomic mass is 9.93. The number of fused-ring (bicyclic) bond motifs is 1. The van der Waals surface area contributed by atoms with Gasteiger partial charge in [0, 0.05) is 12.6 Å². The van der Waals surface area contributed by atoms with Gasteiger partial charge in [0.25, 0.3) is 0 Å². The molecule has 2 N–H and O–H groups in total. The van der Waals surface area contributed by atoms with Crippen molar-refractivity contribution in [2.75, 3.05) is 0 Å². The normalized spacial score (nSPS) is 27.2. The van der Waals surface area contributed by atoms with E-state index in [1.165, 1.54) is 24.8 Å². The highest BCUT2D eigenvalue weighted by Crippen LogP contribution is 2.23. The third-order valence-corrected chi connectivity index (χ3v) is 4.45. The first-order chi connectivity index (χ1) is 8.81. The van der Waals surface area contributed by atoms with Crippen molar-refractivity contribution in [1.82, 2.24) is 5.32 Å². The number of hydrogen-bond donors (Lipinski definition) is 2. The van der Waals surface area contributed by atoms with Crippen LogP contribution in [0.5, 0.6) is 0 Å². The third kappa shape index (κ3) is 2.76. The second kappa shape index (κ2) is 5.41. The first-order valence-electron chi connectivity index (χ1n) is 7.33. The molecular weight excluding hydrogens is 222 g/mol. The van der Waals surface area contributed by atoms with Crippen LogP contribution in [0.3, 0.4) is 0 Å². The van der Waals surface area contributed by atoms with Crippen molar-refractivity contribution in [3.8, 4) is 0 Å². The maximum Gasteiger partial charge on any atom is 0.0541 e. The molecule has 0 unspecified atom stereocenters. The SMILES string of the molecule is OC1CCC(NCc2ccc3c(c2)CCC3)CC1. The van der Waals surface area contributed by atoms with Crippen LogP contribution in [0.4, 0.5) is 0 Å². The van der Waals surface area contributed by atoms with Crippen LogP contribution < -0.4 is 5.32 Å². The van der Waals surface area contributed by atoms with Crippen molar-refractivity contribution in [3.05, 3.63) is 34.9 Å². The highest BCUT2D eigenvalue weighted by atomic mass is 16.3. The standard InChI is InChI=1S/C16H23NO/c18-16-8-6-15(7-9-16)17-11-12-4-5-13-2-1-3-14(13)10-12/h4-5,10,15-18H,1-3,6-9,11H2.